The van der Waals surface area contributed by atoms with Crippen molar-refractivity contribution in [3.05, 3.63) is 53.6 Å². The Morgan fingerprint density at radius 3 is 2.70 bits per heavy atom. The Balaban J connectivity index is 1.29. The van der Waals surface area contributed by atoms with Gasteiger partial charge in [0.25, 0.3) is 5.91 Å². The van der Waals surface area contributed by atoms with Crippen LogP contribution in [-0.4, -0.2) is 82.0 Å². The van der Waals surface area contributed by atoms with E-state index in [0.29, 0.717) is 24.5 Å². The minimum Gasteiger partial charge on any atom is -0.387 e. The van der Waals surface area contributed by atoms with Crippen molar-refractivity contribution in [2.45, 2.75) is 75.6 Å². The van der Waals surface area contributed by atoms with Gasteiger partial charge in [-0.15, -0.1) is 0 Å². The molecule has 10 heteroatoms. The van der Waals surface area contributed by atoms with Crippen molar-refractivity contribution >= 4 is 21.6 Å². The number of aliphatic hydroxyl groups excluding tert-OH is 1. The van der Waals surface area contributed by atoms with E-state index in [1.165, 1.54) is 7.05 Å². The van der Waals surface area contributed by atoms with Crippen LogP contribution in [-0.2, 0) is 24.2 Å². The second kappa shape index (κ2) is 11.2. The van der Waals surface area contributed by atoms with Crippen LogP contribution in [0.1, 0.15) is 49.9 Å². The molecule has 37 heavy (non-hydrogen) atoms. The van der Waals surface area contributed by atoms with Crippen LogP contribution in [0.4, 0.5) is 5.69 Å². The van der Waals surface area contributed by atoms with E-state index in [1.54, 1.807) is 24.3 Å². The zero-order valence-electron chi connectivity index (χ0n) is 21.9. The summed E-state index contributed by atoms with van der Waals surface area (Å²) in [5, 5.41) is 13.5. The first-order chi connectivity index (χ1) is 17.5. The number of allylic oxidation sites excluding steroid dienone is 2. The summed E-state index contributed by atoms with van der Waals surface area (Å²) >= 11 is 0. The van der Waals surface area contributed by atoms with Gasteiger partial charge in [-0.25, -0.2) is 8.42 Å². The van der Waals surface area contributed by atoms with Crippen molar-refractivity contribution in [1.82, 2.24) is 5.32 Å². The third-order valence-electron chi connectivity index (χ3n) is 7.53. The highest BCUT2D eigenvalue weighted by atomic mass is 32.2. The standard InChI is InChI=1S/C27H38N2O7S/c1-18(10-14-24-25(30)27(17-35-27)15-16-34-24)9-11-20-12-13-22(19(2)36-20)28-26(31)21-7-5-6-8-23(21)29(3)37(4,32)33/h5-10,14,19-20,22,24-25,30H,11-13,15-17H2,1-4H3,(H,28,31)/b14-10+,18-9+/t19-,20+,22-,24-,25-,27-/m1/s1. The number of nitrogens with one attached hydrogen (secondary N) is 1. The minimum atomic E-state index is -3.50. The number of aliphatic hydroxyl groups is 1. The van der Waals surface area contributed by atoms with Crippen molar-refractivity contribution in [3.63, 3.8) is 0 Å². The molecule has 1 aromatic rings. The Morgan fingerprint density at radius 1 is 1.30 bits per heavy atom. The molecule has 3 fully saturated rings. The minimum absolute atomic E-state index is 0.0369. The topological polar surface area (TPSA) is 118 Å². The highest BCUT2D eigenvalue weighted by molar-refractivity contribution is 7.92. The lowest BCUT2D eigenvalue weighted by molar-refractivity contribution is -0.0929. The van der Waals surface area contributed by atoms with Gasteiger partial charge < -0.3 is 24.6 Å². The summed E-state index contributed by atoms with van der Waals surface area (Å²) in [5.41, 5.74) is 1.30. The lowest BCUT2D eigenvalue weighted by Crippen LogP contribution is -2.48. The highest BCUT2D eigenvalue weighted by Gasteiger charge is 2.55. The summed E-state index contributed by atoms with van der Waals surface area (Å²) < 4.78 is 42.5. The van der Waals surface area contributed by atoms with Gasteiger partial charge in [0, 0.05) is 13.5 Å². The van der Waals surface area contributed by atoms with Crippen molar-refractivity contribution in [3.8, 4) is 0 Å². The second-order valence-electron chi connectivity index (χ2n) is 10.3. The summed E-state index contributed by atoms with van der Waals surface area (Å²) in [5.74, 6) is -0.323. The number of carbonyl (C=O) groups excluding carboxylic acids is 1. The fraction of sp³-hybridized carbons (Fsp3) is 0.593. The number of rotatable bonds is 8. The van der Waals surface area contributed by atoms with Crippen LogP contribution in [0.15, 0.2) is 48.1 Å². The Hall–Kier alpha value is -2.24. The number of ether oxygens (including phenoxy) is 3. The van der Waals surface area contributed by atoms with E-state index in [0.717, 1.165) is 41.8 Å². The zero-order valence-corrected chi connectivity index (χ0v) is 22.7. The molecule has 204 valence electrons. The van der Waals surface area contributed by atoms with Gasteiger partial charge in [-0.3, -0.25) is 9.10 Å². The third kappa shape index (κ3) is 6.61. The molecule has 0 aliphatic carbocycles. The van der Waals surface area contributed by atoms with E-state index < -0.39 is 21.7 Å². The molecule has 0 unspecified atom stereocenters. The molecular weight excluding hydrogens is 496 g/mol. The summed E-state index contributed by atoms with van der Waals surface area (Å²) in [6, 6.07) is 6.49. The van der Waals surface area contributed by atoms with Crippen LogP contribution in [0.25, 0.3) is 0 Å². The molecule has 0 bridgehead atoms. The molecular formula is C27H38N2O7S. The Bertz CT molecular complexity index is 1150. The van der Waals surface area contributed by atoms with E-state index in [9.17, 15) is 18.3 Å². The molecule has 1 aromatic carbocycles. The molecule has 1 amide bonds. The van der Waals surface area contributed by atoms with Crippen LogP contribution in [0.5, 0.6) is 0 Å². The maximum atomic E-state index is 13.0. The van der Waals surface area contributed by atoms with Gasteiger partial charge in [-0.1, -0.05) is 35.9 Å². The number of carbonyl (C=O) groups is 1. The first kappa shape index (κ1) is 27.8. The van der Waals surface area contributed by atoms with Crippen molar-refractivity contribution in [1.29, 1.82) is 0 Å². The highest BCUT2D eigenvalue weighted by Crippen LogP contribution is 2.40. The third-order valence-corrected chi connectivity index (χ3v) is 8.72. The normalized spacial score (nSPS) is 32.5. The van der Waals surface area contributed by atoms with Gasteiger partial charge in [0.15, 0.2) is 0 Å². The molecule has 1 spiro atoms. The fourth-order valence-electron chi connectivity index (χ4n) is 4.90. The number of para-hydroxylation sites is 1. The van der Waals surface area contributed by atoms with E-state index in [2.05, 4.69) is 11.4 Å². The molecule has 3 saturated heterocycles. The number of nitrogens with zero attached hydrogens (tertiary/aromatic N) is 1. The maximum absolute atomic E-state index is 13.0. The fourth-order valence-corrected chi connectivity index (χ4v) is 5.42. The quantitative estimate of drug-likeness (QED) is 0.389. The van der Waals surface area contributed by atoms with Crippen molar-refractivity contribution < 1.29 is 32.5 Å². The molecule has 4 rings (SSSR count). The summed E-state index contributed by atoms with van der Waals surface area (Å²) in [6.07, 6.45) is 8.95. The van der Waals surface area contributed by atoms with Gasteiger partial charge in [-0.05, 0) is 45.2 Å². The lowest BCUT2D eigenvalue weighted by atomic mass is 9.92. The summed E-state index contributed by atoms with van der Waals surface area (Å²) in [6.45, 7) is 5.13. The van der Waals surface area contributed by atoms with Gasteiger partial charge in [0.05, 0.1) is 49.0 Å². The van der Waals surface area contributed by atoms with Crippen LogP contribution in [0.3, 0.4) is 0 Å². The molecule has 3 heterocycles. The summed E-state index contributed by atoms with van der Waals surface area (Å²) in [7, 11) is -2.06. The van der Waals surface area contributed by atoms with Gasteiger partial charge >= 0.3 is 0 Å². The van der Waals surface area contributed by atoms with E-state index >= 15 is 0 Å². The lowest BCUT2D eigenvalue weighted by Gasteiger charge is -2.35. The van der Waals surface area contributed by atoms with Crippen LogP contribution < -0.4 is 9.62 Å². The number of sulfonamides is 1. The first-order valence-electron chi connectivity index (χ1n) is 12.8. The number of hydrogen-bond acceptors (Lipinski definition) is 7. The largest absolute Gasteiger partial charge is 0.387 e. The molecule has 9 nitrogen and oxygen atoms in total. The molecule has 0 radical (unpaired) electrons. The molecule has 3 aliphatic rings. The summed E-state index contributed by atoms with van der Waals surface area (Å²) in [4.78, 5) is 13.0. The average molecular weight is 535 g/mol. The number of hydrogen-bond donors (Lipinski definition) is 2. The predicted octanol–water partition coefficient (Wildman–Crippen LogP) is 2.56. The molecule has 0 aromatic heterocycles. The monoisotopic (exact) mass is 534 g/mol. The number of benzene rings is 1. The maximum Gasteiger partial charge on any atom is 0.253 e. The van der Waals surface area contributed by atoms with E-state index in [-0.39, 0.29) is 30.3 Å². The van der Waals surface area contributed by atoms with E-state index in [1.807, 2.05) is 26.0 Å². The second-order valence-corrected chi connectivity index (χ2v) is 12.3. The molecule has 0 saturated carbocycles. The Kier molecular flexibility index (Phi) is 8.45. The van der Waals surface area contributed by atoms with Crippen LogP contribution in [0.2, 0.25) is 0 Å². The van der Waals surface area contributed by atoms with E-state index in [4.69, 9.17) is 14.2 Å². The van der Waals surface area contributed by atoms with Crippen LogP contribution >= 0.6 is 0 Å². The Morgan fingerprint density at radius 2 is 2.03 bits per heavy atom. The van der Waals surface area contributed by atoms with Crippen molar-refractivity contribution in [2.75, 3.05) is 30.8 Å². The van der Waals surface area contributed by atoms with Gasteiger partial charge in [0.1, 0.15) is 17.8 Å². The number of epoxide rings is 1. The smallest absolute Gasteiger partial charge is 0.253 e. The molecule has 6 atom stereocenters. The number of amides is 1. The average Bonchev–Trinajstić information content (AvgIpc) is 3.64. The van der Waals surface area contributed by atoms with Gasteiger partial charge in [-0.2, -0.15) is 0 Å². The Labute approximate surface area is 219 Å². The first-order valence-corrected chi connectivity index (χ1v) is 14.6. The zero-order chi connectivity index (χ0) is 26.8. The SMILES string of the molecule is CC(/C=C/[C@H]1OCC[C@@]2(CO2)[C@@H]1O)=C\C[C@H]1CC[C@@H](NC(=O)c2ccccc2N(C)S(C)(=O)=O)[C@@H](C)O1. The number of anilines is 1. The molecule has 2 N–H and O–H groups in total. The van der Waals surface area contributed by atoms with Crippen molar-refractivity contribution in [2.24, 2.45) is 0 Å². The molecule has 3 aliphatic heterocycles. The predicted molar refractivity (Wildman–Crippen MR) is 141 cm³/mol. The van der Waals surface area contributed by atoms with Gasteiger partial charge in [0.2, 0.25) is 10.0 Å². The van der Waals surface area contributed by atoms with Crippen LogP contribution in [0, 0.1) is 0 Å².